The zero-order chi connectivity index (χ0) is 11.7. The molecule has 0 atom stereocenters. The second-order valence-electron chi connectivity index (χ2n) is 3.59. The van der Waals surface area contributed by atoms with Crippen LogP contribution in [0.5, 0.6) is 0 Å². The van der Waals surface area contributed by atoms with Crippen molar-refractivity contribution in [3.63, 3.8) is 0 Å². The molecule has 0 saturated heterocycles. The van der Waals surface area contributed by atoms with Gasteiger partial charge in [-0.15, -0.1) is 0 Å². The van der Waals surface area contributed by atoms with Crippen LogP contribution in [0.2, 0.25) is 10.0 Å². The van der Waals surface area contributed by atoms with Crippen LogP contribution in [0.4, 0.5) is 4.39 Å². The predicted octanol–water partition coefficient (Wildman–Crippen LogP) is 5.11. The van der Waals surface area contributed by atoms with Crippen molar-refractivity contribution in [2.24, 2.45) is 0 Å². The fraction of sp³-hybridized carbons (Fsp3) is 0.0769. The molecular formula is C13H9Cl2F. The van der Waals surface area contributed by atoms with Gasteiger partial charge in [-0.05, 0) is 41.8 Å². The molecule has 0 aliphatic carbocycles. The van der Waals surface area contributed by atoms with E-state index in [1.165, 1.54) is 6.07 Å². The Morgan fingerprint density at radius 3 is 2.12 bits per heavy atom. The monoisotopic (exact) mass is 254 g/mol. The van der Waals surface area contributed by atoms with Gasteiger partial charge in [-0.25, -0.2) is 4.39 Å². The first-order chi connectivity index (χ1) is 7.58. The van der Waals surface area contributed by atoms with E-state index in [-0.39, 0.29) is 5.82 Å². The molecule has 2 aromatic carbocycles. The summed E-state index contributed by atoms with van der Waals surface area (Å²) in [6.07, 6.45) is 0. The minimum absolute atomic E-state index is 0.219. The van der Waals surface area contributed by atoms with E-state index in [0.29, 0.717) is 15.6 Å². The van der Waals surface area contributed by atoms with Crippen LogP contribution in [0.15, 0.2) is 36.4 Å². The smallest absolute Gasteiger partial charge is 0.126 e. The molecular weight excluding hydrogens is 246 g/mol. The van der Waals surface area contributed by atoms with Crippen molar-refractivity contribution in [3.05, 3.63) is 57.8 Å². The molecule has 16 heavy (non-hydrogen) atoms. The van der Waals surface area contributed by atoms with Gasteiger partial charge in [0.1, 0.15) is 5.82 Å². The van der Waals surface area contributed by atoms with Crippen LogP contribution < -0.4 is 0 Å². The number of aryl methyl sites for hydroxylation is 1. The Bertz CT molecular complexity index is 486. The van der Waals surface area contributed by atoms with Gasteiger partial charge >= 0.3 is 0 Å². The summed E-state index contributed by atoms with van der Waals surface area (Å²) in [5.41, 5.74) is 2.28. The van der Waals surface area contributed by atoms with Crippen LogP contribution in [0, 0.1) is 12.7 Å². The summed E-state index contributed by atoms with van der Waals surface area (Å²) >= 11 is 11.7. The Hall–Kier alpha value is -1.05. The van der Waals surface area contributed by atoms with Crippen molar-refractivity contribution in [3.8, 4) is 11.1 Å². The van der Waals surface area contributed by atoms with Gasteiger partial charge in [0.05, 0.1) is 10.0 Å². The molecule has 0 aromatic heterocycles. The van der Waals surface area contributed by atoms with E-state index in [4.69, 9.17) is 23.2 Å². The van der Waals surface area contributed by atoms with Crippen LogP contribution in [-0.4, -0.2) is 0 Å². The summed E-state index contributed by atoms with van der Waals surface area (Å²) in [5.74, 6) is -0.219. The van der Waals surface area contributed by atoms with Crippen molar-refractivity contribution < 1.29 is 4.39 Å². The summed E-state index contributed by atoms with van der Waals surface area (Å²) in [6, 6.07) is 10.4. The Balaban J connectivity index is 2.50. The molecule has 0 unspecified atom stereocenters. The van der Waals surface area contributed by atoms with E-state index < -0.39 is 0 Å². The lowest BCUT2D eigenvalue weighted by atomic mass is 10.0. The second-order valence-corrected chi connectivity index (χ2v) is 4.41. The van der Waals surface area contributed by atoms with E-state index in [1.807, 2.05) is 12.1 Å². The van der Waals surface area contributed by atoms with E-state index in [9.17, 15) is 4.39 Å². The van der Waals surface area contributed by atoms with Crippen LogP contribution in [0.1, 0.15) is 5.56 Å². The van der Waals surface area contributed by atoms with Gasteiger partial charge < -0.3 is 0 Å². The van der Waals surface area contributed by atoms with Gasteiger partial charge in [0.25, 0.3) is 0 Å². The largest absolute Gasteiger partial charge is 0.207 e. The molecule has 0 heterocycles. The third kappa shape index (κ3) is 2.21. The quantitative estimate of drug-likeness (QED) is 0.664. The Morgan fingerprint density at radius 2 is 1.50 bits per heavy atom. The SMILES string of the molecule is Cc1ccc(-c2ccc(Cl)c(Cl)c2)cc1F. The lowest BCUT2D eigenvalue weighted by Gasteiger charge is -2.05. The number of rotatable bonds is 1. The van der Waals surface area contributed by atoms with Gasteiger partial charge in [0, 0.05) is 0 Å². The fourth-order valence-corrected chi connectivity index (χ4v) is 1.75. The molecule has 0 aliphatic rings. The second kappa shape index (κ2) is 4.44. The first-order valence-corrected chi connectivity index (χ1v) is 5.55. The van der Waals surface area contributed by atoms with Gasteiger partial charge in [0.2, 0.25) is 0 Å². The predicted molar refractivity (Wildman–Crippen MR) is 66.6 cm³/mol. The summed E-state index contributed by atoms with van der Waals surface area (Å²) in [4.78, 5) is 0. The molecule has 0 spiro atoms. The molecule has 0 radical (unpaired) electrons. The number of hydrogen-bond donors (Lipinski definition) is 0. The summed E-state index contributed by atoms with van der Waals surface area (Å²) < 4.78 is 13.4. The maximum atomic E-state index is 13.4. The molecule has 0 N–H and O–H groups in total. The molecule has 2 rings (SSSR count). The molecule has 2 aromatic rings. The molecule has 0 aliphatic heterocycles. The minimum Gasteiger partial charge on any atom is -0.207 e. The van der Waals surface area contributed by atoms with E-state index in [1.54, 1.807) is 25.1 Å². The van der Waals surface area contributed by atoms with Gasteiger partial charge in [-0.3, -0.25) is 0 Å². The van der Waals surface area contributed by atoms with Crippen molar-refractivity contribution in [1.29, 1.82) is 0 Å². The minimum atomic E-state index is -0.219. The zero-order valence-electron chi connectivity index (χ0n) is 8.60. The summed E-state index contributed by atoms with van der Waals surface area (Å²) in [6.45, 7) is 1.73. The molecule has 3 heteroatoms. The molecule has 82 valence electrons. The van der Waals surface area contributed by atoms with Crippen molar-refractivity contribution in [2.75, 3.05) is 0 Å². The average Bonchev–Trinajstić information content (AvgIpc) is 2.26. The Morgan fingerprint density at radius 1 is 0.875 bits per heavy atom. The molecule has 0 fully saturated rings. The van der Waals surface area contributed by atoms with E-state index >= 15 is 0 Å². The highest BCUT2D eigenvalue weighted by Crippen LogP contribution is 2.29. The lowest BCUT2D eigenvalue weighted by Crippen LogP contribution is -1.84. The van der Waals surface area contributed by atoms with E-state index in [2.05, 4.69) is 0 Å². The molecule has 0 saturated carbocycles. The first-order valence-electron chi connectivity index (χ1n) is 4.79. The van der Waals surface area contributed by atoms with Crippen molar-refractivity contribution >= 4 is 23.2 Å². The van der Waals surface area contributed by atoms with Crippen molar-refractivity contribution in [2.45, 2.75) is 6.92 Å². The van der Waals surface area contributed by atoms with Crippen LogP contribution in [-0.2, 0) is 0 Å². The third-order valence-electron chi connectivity index (χ3n) is 2.42. The summed E-state index contributed by atoms with van der Waals surface area (Å²) in [5, 5.41) is 0.971. The highest BCUT2D eigenvalue weighted by molar-refractivity contribution is 6.42. The molecule has 0 nitrogen and oxygen atoms in total. The highest BCUT2D eigenvalue weighted by Gasteiger charge is 2.04. The first kappa shape index (κ1) is 11.4. The van der Waals surface area contributed by atoms with Crippen LogP contribution >= 0.6 is 23.2 Å². The lowest BCUT2D eigenvalue weighted by molar-refractivity contribution is 0.619. The number of hydrogen-bond acceptors (Lipinski definition) is 0. The number of benzene rings is 2. The van der Waals surface area contributed by atoms with E-state index in [0.717, 1.165) is 11.1 Å². The van der Waals surface area contributed by atoms with Gasteiger partial charge in [0.15, 0.2) is 0 Å². The number of halogens is 3. The third-order valence-corrected chi connectivity index (χ3v) is 3.16. The highest BCUT2D eigenvalue weighted by atomic mass is 35.5. The maximum absolute atomic E-state index is 13.4. The topological polar surface area (TPSA) is 0 Å². The summed E-state index contributed by atoms with van der Waals surface area (Å²) in [7, 11) is 0. The molecule has 0 bridgehead atoms. The van der Waals surface area contributed by atoms with Crippen LogP contribution in [0.25, 0.3) is 11.1 Å². The van der Waals surface area contributed by atoms with Gasteiger partial charge in [-0.2, -0.15) is 0 Å². The van der Waals surface area contributed by atoms with Gasteiger partial charge in [-0.1, -0.05) is 41.4 Å². The average molecular weight is 255 g/mol. The Kier molecular flexibility index (Phi) is 3.17. The molecule has 0 amide bonds. The maximum Gasteiger partial charge on any atom is 0.126 e. The van der Waals surface area contributed by atoms with Crippen LogP contribution in [0.3, 0.4) is 0 Å². The fourth-order valence-electron chi connectivity index (χ4n) is 1.45. The van der Waals surface area contributed by atoms with Crippen molar-refractivity contribution in [1.82, 2.24) is 0 Å². The zero-order valence-corrected chi connectivity index (χ0v) is 10.1. The standard InChI is InChI=1S/C13H9Cl2F/c1-8-2-3-10(7-13(8)16)9-4-5-11(14)12(15)6-9/h2-7H,1H3. The Labute approximate surface area is 104 Å². The normalized spacial score (nSPS) is 10.5.